The van der Waals surface area contributed by atoms with E-state index in [1.165, 1.54) is 7.11 Å². The molecule has 0 atom stereocenters. The largest absolute Gasteiger partial charge is 0.504 e. The van der Waals surface area contributed by atoms with Crippen LogP contribution in [0.25, 0.3) is 0 Å². The molecule has 0 amide bonds. The highest BCUT2D eigenvalue weighted by atomic mass is 16.5. The maximum Gasteiger partial charge on any atom is 0.161 e. The van der Waals surface area contributed by atoms with Crippen molar-refractivity contribution in [3.8, 4) is 11.5 Å². The first-order valence-corrected chi connectivity index (χ1v) is 4.21. The maximum absolute atomic E-state index is 9.67. The van der Waals surface area contributed by atoms with E-state index in [2.05, 4.69) is 5.16 Å². The van der Waals surface area contributed by atoms with Crippen LogP contribution in [0.3, 0.4) is 0 Å². The monoisotopic (exact) mass is 195 g/mol. The van der Waals surface area contributed by atoms with Crippen molar-refractivity contribution in [3.05, 3.63) is 23.8 Å². The van der Waals surface area contributed by atoms with Crippen LogP contribution in [-0.2, 0) is 6.42 Å². The minimum Gasteiger partial charge on any atom is -0.504 e. The number of oxime groups is 1. The number of ether oxygens (including phenoxy) is 1. The highest BCUT2D eigenvalue weighted by Gasteiger charge is 2.07. The number of aromatic hydroxyl groups is 1. The van der Waals surface area contributed by atoms with E-state index in [0.29, 0.717) is 23.4 Å². The van der Waals surface area contributed by atoms with Crippen LogP contribution in [0.15, 0.2) is 23.4 Å². The van der Waals surface area contributed by atoms with Gasteiger partial charge in [-0.1, -0.05) is 17.3 Å². The van der Waals surface area contributed by atoms with E-state index in [1.54, 1.807) is 25.1 Å². The van der Waals surface area contributed by atoms with E-state index in [1.807, 2.05) is 0 Å². The lowest BCUT2D eigenvalue weighted by Crippen LogP contribution is -1.98. The summed E-state index contributed by atoms with van der Waals surface area (Å²) in [5, 5.41) is 21.2. The standard InChI is InChI=1S/C10H13NO3/c1-7(11-13)6-8-4-3-5-9(14-2)10(8)12/h3-5,12-13H,6H2,1-2H3/b11-7+. The Labute approximate surface area is 82.4 Å². The van der Waals surface area contributed by atoms with Crippen molar-refractivity contribution in [2.75, 3.05) is 7.11 Å². The predicted molar refractivity (Wildman–Crippen MR) is 53.3 cm³/mol. The second-order valence-corrected chi connectivity index (χ2v) is 2.98. The zero-order valence-electron chi connectivity index (χ0n) is 8.19. The normalized spacial score (nSPS) is 11.4. The minimum atomic E-state index is 0.0954. The van der Waals surface area contributed by atoms with E-state index >= 15 is 0 Å². The third-order valence-electron chi connectivity index (χ3n) is 1.92. The van der Waals surface area contributed by atoms with Crippen molar-refractivity contribution in [2.24, 2.45) is 5.16 Å². The van der Waals surface area contributed by atoms with Gasteiger partial charge in [-0.3, -0.25) is 0 Å². The second kappa shape index (κ2) is 4.50. The van der Waals surface area contributed by atoms with Crippen molar-refractivity contribution >= 4 is 5.71 Å². The van der Waals surface area contributed by atoms with Crippen molar-refractivity contribution < 1.29 is 15.1 Å². The molecule has 0 aliphatic carbocycles. The number of hydrogen-bond acceptors (Lipinski definition) is 4. The summed E-state index contributed by atoms with van der Waals surface area (Å²) in [6.07, 6.45) is 0.402. The molecular formula is C10H13NO3. The Morgan fingerprint density at radius 2 is 2.21 bits per heavy atom. The van der Waals surface area contributed by atoms with Crippen molar-refractivity contribution in [1.29, 1.82) is 0 Å². The zero-order valence-corrected chi connectivity index (χ0v) is 8.19. The van der Waals surface area contributed by atoms with Crippen LogP contribution in [0.5, 0.6) is 11.5 Å². The summed E-state index contributed by atoms with van der Waals surface area (Å²) >= 11 is 0. The van der Waals surface area contributed by atoms with Gasteiger partial charge >= 0.3 is 0 Å². The van der Waals surface area contributed by atoms with E-state index in [9.17, 15) is 5.11 Å². The lowest BCUT2D eigenvalue weighted by atomic mass is 10.1. The molecule has 0 unspecified atom stereocenters. The lowest BCUT2D eigenvalue weighted by molar-refractivity contribution is 0.317. The van der Waals surface area contributed by atoms with Crippen molar-refractivity contribution in [3.63, 3.8) is 0 Å². The molecule has 1 aromatic rings. The summed E-state index contributed by atoms with van der Waals surface area (Å²) in [7, 11) is 1.49. The molecule has 0 saturated carbocycles. The molecule has 0 saturated heterocycles. The number of para-hydroxylation sites is 1. The predicted octanol–water partition coefficient (Wildman–Crippen LogP) is 1.79. The number of methoxy groups -OCH3 is 1. The van der Waals surface area contributed by atoms with Crippen LogP contribution in [0.4, 0.5) is 0 Å². The molecule has 0 aliphatic rings. The second-order valence-electron chi connectivity index (χ2n) is 2.98. The van der Waals surface area contributed by atoms with Crippen molar-refractivity contribution in [2.45, 2.75) is 13.3 Å². The maximum atomic E-state index is 9.67. The van der Waals surface area contributed by atoms with Crippen LogP contribution < -0.4 is 4.74 Å². The molecule has 14 heavy (non-hydrogen) atoms. The molecule has 76 valence electrons. The van der Waals surface area contributed by atoms with Gasteiger partial charge in [0, 0.05) is 12.0 Å². The van der Waals surface area contributed by atoms with Crippen LogP contribution in [0.1, 0.15) is 12.5 Å². The van der Waals surface area contributed by atoms with Gasteiger partial charge in [0.05, 0.1) is 12.8 Å². The summed E-state index contributed by atoms with van der Waals surface area (Å²) in [6, 6.07) is 5.20. The van der Waals surface area contributed by atoms with Gasteiger partial charge in [0.2, 0.25) is 0 Å². The van der Waals surface area contributed by atoms with Gasteiger partial charge in [-0.2, -0.15) is 0 Å². The fraction of sp³-hybridized carbons (Fsp3) is 0.300. The Morgan fingerprint density at radius 1 is 1.50 bits per heavy atom. The van der Waals surface area contributed by atoms with Crippen LogP contribution >= 0.6 is 0 Å². The van der Waals surface area contributed by atoms with E-state index in [-0.39, 0.29) is 5.75 Å². The molecule has 0 aliphatic heterocycles. The van der Waals surface area contributed by atoms with Gasteiger partial charge in [-0.25, -0.2) is 0 Å². The molecule has 1 rings (SSSR count). The van der Waals surface area contributed by atoms with Crippen LogP contribution in [0, 0.1) is 0 Å². The smallest absolute Gasteiger partial charge is 0.161 e. The molecule has 2 N–H and O–H groups in total. The fourth-order valence-corrected chi connectivity index (χ4v) is 1.19. The first-order chi connectivity index (χ1) is 6.69. The van der Waals surface area contributed by atoms with Gasteiger partial charge in [-0.05, 0) is 13.0 Å². The first-order valence-electron chi connectivity index (χ1n) is 4.21. The van der Waals surface area contributed by atoms with Crippen molar-refractivity contribution in [1.82, 2.24) is 0 Å². The third-order valence-corrected chi connectivity index (χ3v) is 1.92. The molecule has 0 heterocycles. The molecule has 1 aromatic carbocycles. The zero-order chi connectivity index (χ0) is 10.6. The topological polar surface area (TPSA) is 62.0 Å². The van der Waals surface area contributed by atoms with Gasteiger partial charge in [-0.15, -0.1) is 0 Å². The Balaban J connectivity index is 2.98. The van der Waals surface area contributed by atoms with Gasteiger partial charge < -0.3 is 15.1 Å². The van der Waals surface area contributed by atoms with E-state index in [0.717, 1.165) is 0 Å². The Morgan fingerprint density at radius 3 is 2.79 bits per heavy atom. The van der Waals surface area contributed by atoms with Gasteiger partial charge in [0.1, 0.15) is 0 Å². The third kappa shape index (κ3) is 2.16. The summed E-state index contributed by atoms with van der Waals surface area (Å²) in [5.74, 6) is 0.520. The van der Waals surface area contributed by atoms with Crippen LogP contribution in [0.2, 0.25) is 0 Å². The Bertz CT molecular complexity index is 347. The number of phenolic OH excluding ortho intramolecular Hbond substituents is 1. The average Bonchev–Trinajstić information content (AvgIpc) is 2.21. The highest BCUT2D eigenvalue weighted by molar-refractivity contribution is 5.84. The molecule has 0 spiro atoms. The van der Waals surface area contributed by atoms with E-state index in [4.69, 9.17) is 9.94 Å². The highest BCUT2D eigenvalue weighted by Crippen LogP contribution is 2.29. The molecule has 0 bridgehead atoms. The Kier molecular flexibility index (Phi) is 3.34. The van der Waals surface area contributed by atoms with Gasteiger partial charge in [0.15, 0.2) is 11.5 Å². The van der Waals surface area contributed by atoms with Gasteiger partial charge in [0.25, 0.3) is 0 Å². The van der Waals surface area contributed by atoms with Crippen LogP contribution in [-0.4, -0.2) is 23.1 Å². The number of phenols is 1. The minimum absolute atomic E-state index is 0.0954. The fourth-order valence-electron chi connectivity index (χ4n) is 1.19. The summed E-state index contributed by atoms with van der Waals surface area (Å²) in [4.78, 5) is 0. The summed E-state index contributed by atoms with van der Waals surface area (Å²) < 4.78 is 4.95. The number of nitrogens with zero attached hydrogens (tertiary/aromatic N) is 1. The lowest BCUT2D eigenvalue weighted by Gasteiger charge is -2.07. The molecule has 4 nitrogen and oxygen atoms in total. The number of rotatable bonds is 3. The number of hydrogen-bond donors (Lipinski definition) is 2. The SMILES string of the molecule is COc1cccc(C/C(C)=N/O)c1O. The van der Waals surface area contributed by atoms with E-state index < -0.39 is 0 Å². The quantitative estimate of drug-likeness (QED) is 0.439. The molecule has 4 heteroatoms. The summed E-state index contributed by atoms with van der Waals surface area (Å²) in [5.41, 5.74) is 1.22. The summed E-state index contributed by atoms with van der Waals surface area (Å²) in [6.45, 7) is 1.68. The Hall–Kier alpha value is -1.71. The first kappa shape index (κ1) is 10.4. The molecule has 0 radical (unpaired) electrons. The average molecular weight is 195 g/mol. The molecule has 0 fully saturated rings. The molecular weight excluding hydrogens is 182 g/mol. The molecule has 0 aromatic heterocycles. The number of benzene rings is 1.